The molecule has 2 N–H and O–H groups in total. The van der Waals surface area contributed by atoms with E-state index in [1.54, 1.807) is 0 Å². The number of ether oxygens (including phenoxy) is 1. The largest absolute Gasteiger partial charge is 0.490 e. The molecule has 0 unspecified atom stereocenters. The number of non-ortho nitro benzene ring substituents is 1. The van der Waals surface area contributed by atoms with Gasteiger partial charge in [0.2, 0.25) is 0 Å². The highest BCUT2D eigenvalue weighted by Gasteiger charge is 2.24. The Morgan fingerprint density at radius 2 is 2.00 bits per heavy atom. The first kappa shape index (κ1) is 16.4. The van der Waals surface area contributed by atoms with Gasteiger partial charge in [0, 0.05) is 17.7 Å². The first-order valence-corrected chi connectivity index (χ1v) is 6.64. The van der Waals surface area contributed by atoms with Crippen LogP contribution in [0.2, 0.25) is 0 Å². The molecule has 0 aromatic heterocycles. The van der Waals surface area contributed by atoms with Crippen molar-refractivity contribution in [1.29, 1.82) is 0 Å². The van der Waals surface area contributed by atoms with Crippen LogP contribution in [0.25, 0.3) is 0 Å². The number of aliphatic hydroxyl groups is 2. The third kappa shape index (κ3) is 3.91. The van der Waals surface area contributed by atoms with Gasteiger partial charge in [-0.05, 0) is 25.8 Å². The molecule has 0 bridgehead atoms. The first-order valence-electron chi connectivity index (χ1n) is 6.64. The summed E-state index contributed by atoms with van der Waals surface area (Å²) in [6, 6.07) is 4.06. The molecule has 0 aliphatic carbocycles. The molecule has 0 spiro atoms. The standard InChI is InChI=1S/C14H21NO5/c1-4-14(17,5-2)9-20-13-7-6-11(15(18)19)8-12(13)10(3)16/h6-8,10,16-17H,4-5,9H2,1-3H3/t10-/m0/s1. The van der Waals surface area contributed by atoms with Crippen molar-refractivity contribution in [1.82, 2.24) is 0 Å². The van der Waals surface area contributed by atoms with Crippen LogP contribution in [-0.2, 0) is 0 Å². The number of hydrogen-bond acceptors (Lipinski definition) is 5. The van der Waals surface area contributed by atoms with E-state index in [4.69, 9.17) is 4.74 Å². The van der Waals surface area contributed by atoms with Gasteiger partial charge in [-0.2, -0.15) is 0 Å². The van der Waals surface area contributed by atoms with Gasteiger partial charge in [-0.3, -0.25) is 10.1 Å². The molecule has 6 nitrogen and oxygen atoms in total. The van der Waals surface area contributed by atoms with Crippen LogP contribution in [-0.4, -0.2) is 27.3 Å². The minimum Gasteiger partial charge on any atom is -0.490 e. The fraction of sp³-hybridized carbons (Fsp3) is 0.571. The molecule has 20 heavy (non-hydrogen) atoms. The summed E-state index contributed by atoms with van der Waals surface area (Å²) in [5.74, 6) is 0.353. The third-order valence-corrected chi connectivity index (χ3v) is 3.47. The molecule has 1 rings (SSSR count). The third-order valence-electron chi connectivity index (χ3n) is 3.47. The van der Waals surface area contributed by atoms with E-state index in [2.05, 4.69) is 0 Å². The van der Waals surface area contributed by atoms with Crippen molar-refractivity contribution < 1.29 is 19.9 Å². The summed E-state index contributed by atoms with van der Waals surface area (Å²) >= 11 is 0. The van der Waals surface area contributed by atoms with Crippen LogP contribution >= 0.6 is 0 Å². The van der Waals surface area contributed by atoms with Crippen molar-refractivity contribution in [2.24, 2.45) is 0 Å². The van der Waals surface area contributed by atoms with Crippen molar-refractivity contribution in [3.63, 3.8) is 0 Å². The molecule has 0 saturated carbocycles. The maximum Gasteiger partial charge on any atom is 0.270 e. The fourth-order valence-corrected chi connectivity index (χ4v) is 1.77. The summed E-state index contributed by atoms with van der Waals surface area (Å²) in [5, 5.41) is 30.6. The van der Waals surface area contributed by atoms with E-state index in [-0.39, 0.29) is 12.3 Å². The number of nitro benzene ring substituents is 1. The topological polar surface area (TPSA) is 92.8 Å². The van der Waals surface area contributed by atoms with Gasteiger partial charge in [0.05, 0.1) is 16.6 Å². The predicted molar refractivity (Wildman–Crippen MR) is 74.8 cm³/mol. The zero-order valence-corrected chi connectivity index (χ0v) is 12.0. The van der Waals surface area contributed by atoms with Crippen LogP contribution in [0.5, 0.6) is 5.75 Å². The van der Waals surface area contributed by atoms with Gasteiger partial charge in [0.1, 0.15) is 12.4 Å². The van der Waals surface area contributed by atoms with Gasteiger partial charge in [0.15, 0.2) is 0 Å². The average Bonchev–Trinajstić information content (AvgIpc) is 2.44. The van der Waals surface area contributed by atoms with Crippen LogP contribution in [0, 0.1) is 10.1 Å². The van der Waals surface area contributed by atoms with E-state index in [9.17, 15) is 20.3 Å². The maximum absolute atomic E-state index is 10.7. The predicted octanol–water partition coefficient (Wildman–Crippen LogP) is 2.58. The Labute approximate surface area is 118 Å². The number of nitro groups is 1. The molecule has 0 fully saturated rings. The molecule has 0 aliphatic rings. The lowest BCUT2D eigenvalue weighted by atomic mass is 9.99. The second kappa shape index (κ2) is 6.67. The van der Waals surface area contributed by atoms with Crippen molar-refractivity contribution in [3.8, 4) is 5.75 Å². The van der Waals surface area contributed by atoms with Crippen molar-refractivity contribution in [3.05, 3.63) is 33.9 Å². The van der Waals surface area contributed by atoms with E-state index in [1.165, 1.54) is 25.1 Å². The van der Waals surface area contributed by atoms with Crippen molar-refractivity contribution >= 4 is 5.69 Å². The Balaban J connectivity index is 2.98. The zero-order valence-electron chi connectivity index (χ0n) is 12.0. The minimum atomic E-state index is -0.933. The van der Waals surface area contributed by atoms with Gasteiger partial charge >= 0.3 is 0 Å². The Kier molecular flexibility index (Phi) is 5.47. The highest BCUT2D eigenvalue weighted by molar-refractivity contribution is 5.44. The molecule has 0 saturated heterocycles. The Bertz CT molecular complexity index is 469. The van der Waals surface area contributed by atoms with Crippen LogP contribution in [0.1, 0.15) is 45.3 Å². The Hall–Kier alpha value is -1.66. The van der Waals surface area contributed by atoms with Gasteiger partial charge in [-0.1, -0.05) is 13.8 Å². The highest BCUT2D eigenvalue weighted by Crippen LogP contribution is 2.30. The van der Waals surface area contributed by atoms with E-state index in [1.807, 2.05) is 13.8 Å². The number of benzene rings is 1. The average molecular weight is 283 g/mol. The van der Waals surface area contributed by atoms with Crippen LogP contribution in [0.3, 0.4) is 0 Å². The zero-order chi connectivity index (χ0) is 15.3. The summed E-state index contributed by atoms with van der Waals surface area (Å²) in [5.41, 5.74) is -0.694. The molecule has 1 aromatic carbocycles. The van der Waals surface area contributed by atoms with Gasteiger partial charge in [-0.25, -0.2) is 0 Å². The fourth-order valence-electron chi connectivity index (χ4n) is 1.77. The number of aliphatic hydroxyl groups excluding tert-OH is 1. The summed E-state index contributed by atoms with van der Waals surface area (Å²) in [4.78, 5) is 10.2. The molecule has 0 radical (unpaired) electrons. The van der Waals surface area contributed by atoms with E-state index < -0.39 is 16.6 Å². The normalized spacial score (nSPS) is 13.1. The lowest BCUT2D eigenvalue weighted by Gasteiger charge is -2.26. The molecule has 0 heterocycles. The highest BCUT2D eigenvalue weighted by atomic mass is 16.6. The summed E-state index contributed by atoms with van der Waals surface area (Å²) < 4.78 is 5.55. The Morgan fingerprint density at radius 1 is 1.40 bits per heavy atom. The first-order chi connectivity index (χ1) is 9.33. The van der Waals surface area contributed by atoms with E-state index in [0.29, 0.717) is 24.2 Å². The van der Waals surface area contributed by atoms with Crippen LogP contribution < -0.4 is 4.74 Å². The summed E-state index contributed by atoms with van der Waals surface area (Å²) in [7, 11) is 0. The van der Waals surface area contributed by atoms with E-state index >= 15 is 0 Å². The smallest absolute Gasteiger partial charge is 0.270 e. The summed E-state index contributed by atoms with van der Waals surface area (Å²) in [6.45, 7) is 5.31. The Morgan fingerprint density at radius 3 is 2.45 bits per heavy atom. The maximum atomic E-state index is 10.7. The molecular formula is C14H21NO5. The molecule has 112 valence electrons. The van der Waals surface area contributed by atoms with Gasteiger partial charge in [-0.15, -0.1) is 0 Å². The number of rotatable bonds is 7. The van der Waals surface area contributed by atoms with Crippen molar-refractivity contribution in [2.45, 2.75) is 45.3 Å². The second-order valence-corrected chi connectivity index (χ2v) is 4.88. The molecule has 0 amide bonds. The van der Waals surface area contributed by atoms with Crippen LogP contribution in [0.15, 0.2) is 18.2 Å². The van der Waals surface area contributed by atoms with E-state index in [0.717, 1.165) is 0 Å². The monoisotopic (exact) mass is 283 g/mol. The minimum absolute atomic E-state index is 0.0809. The van der Waals surface area contributed by atoms with Gasteiger partial charge < -0.3 is 14.9 Å². The van der Waals surface area contributed by atoms with Gasteiger partial charge in [0.25, 0.3) is 5.69 Å². The molecule has 0 aliphatic heterocycles. The molecule has 6 heteroatoms. The molecule has 1 atom stereocenters. The van der Waals surface area contributed by atoms with Crippen LogP contribution in [0.4, 0.5) is 5.69 Å². The SMILES string of the molecule is CCC(O)(CC)COc1ccc([N+](=O)[O-])cc1[C@H](C)O. The summed E-state index contributed by atoms with van der Waals surface area (Å²) in [6.07, 6.45) is 0.197. The molecular weight excluding hydrogens is 262 g/mol. The second-order valence-electron chi connectivity index (χ2n) is 4.88. The molecule has 1 aromatic rings. The van der Waals surface area contributed by atoms with Crippen molar-refractivity contribution in [2.75, 3.05) is 6.61 Å². The lowest BCUT2D eigenvalue weighted by Crippen LogP contribution is -2.34. The number of hydrogen-bond donors (Lipinski definition) is 2. The quantitative estimate of drug-likeness (QED) is 0.592. The lowest BCUT2D eigenvalue weighted by molar-refractivity contribution is -0.385. The number of nitrogens with zero attached hydrogens (tertiary/aromatic N) is 1.